The molecule has 0 saturated carbocycles. The number of hydrogen-bond donors (Lipinski definition) is 1. The third kappa shape index (κ3) is 4.83. The number of nitrogens with zero attached hydrogens (tertiary/aromatic N) is 1. The Morgan fingerprint density at radius 2 is 2.19 bits per heavy atom. The standard InChI is InChI=1S/C12H18BrClN2/c1-3-15-6-7-16(2)9-10-4-5-11(13)12(14)8-10/h4-5,8,15H,3,6-7,9H2,1-2H3. The smallest absolute Gasteiger partial charge is 0.0551 e. The predicted octanol–water partition coefficient (Wildman–Crippen LogP) is 3.14. The number of benzene rings is 1. The van der Waals surface area contributed by atoms with Crippen molar-refractivity contribution < 1.29 is 0 Å². The molecule has 0 amide bonds. The van der Waals surface area contributed by atoms with Crippen LogP contribution < -0.4 is 5.32 Å². The van der Waals surface area contributed by atoms with E-state index in [0.717, 1.165) is 35.7 Å². The van der Waals surface area contributed by atoms with Crippen LogP contribution in [0, 0.1) is 0 Å². The molecular weight excluding hydrogens is 288 g/mol. The van der Waals surface area contributed by atoms with Crippen LogP contribution in [0.3, 0.4) is 0 Å². The largest absolute Gasteiger partial charge is 0.316 e. The van der Waals surface area contributed by atoms with Crippen LogP contribution in [-0.2, 0) is 6.54 Å². The van der Waals surface area contributed by atoms with E-state index in [9.17, 15) is 0 Å². The van der Waals surface area contributed by atoms with Crippen molar-refractivity contribution in [2.75, 3.05) is 26.7 Å². The Morgan fingerprint density at radius 3 is 2.81 bits per heavy atom. The van der Waals surface area contributed by atoms with Gasteiger partial charge < -0.3 is 10.2 Å². The lowest BCUT2D eigenvalue weighted by Crippen LogP contribution is -2.28. The third-order valence-corrected chi connectivity index (χ3v) is 3.59. The first-order chi connectivity index (χ1) is 7.63. The topological polar surface area (TPSA) is 15.3 Å². The summed E-state index contributed by atoms with van der Waals surface area (Å²) in [4.78, 5) is 2.28. The van der Waals surface area contributed by atoms with Crippen LogP contribution in [0.15, 0.2) is 22.7 Å². The second-order valence-electron chi connectivity index (χ2n) is 3.84. The zero-order valence-corrected chi connectivity index (χ0v) is 12.1. The van der Waals surface area contributed by atoms with Gasteiger partial charge in [-0.1, -0.05) is 24.6 Å². The average molecular weight is 306 g/mol. The fourth-order valence-electron chi connectivity index (χ4n) is 1.48. The quantitative estimate of drug-likeness (QED) is 0.812. The highest BCUT2D eigenvalue weighted by atomic mass is 79.9. The Morgan fingerprint density at radius 1 is 1.44 bits per heavy atom. The minimum Gasteiger partial charge on any atom is -0.316 e. The van der Waals surface area contributed by atoms with Crippen molar-refractivity contribution in [2.24, 2.45) is 0 Å². The van der Waals surface area contributed by atoms with Gasteiger partial charge in [0.05, 0.1) is 5.02 Å². The number of nitrogens with one attached hydrogen (secondary N) is 1. The molecule has 90 valence electrons. The Hall–Kier alpha value is -0.0900. The first kappa shape index (κ1) is 14.0. The van der Waals surface area contributed by atoms with Crippen molar-refractivity contribution in [1.82, 2.24) is 10.2 Å². The van der Waals surface area contributed by atoms with E-state index in [1.807, 2.05) is 12.1 Å². The van der Waals surface area contributed by atoms with Crippen molar-refractivity contribution in [3.63, 3.8) is 0 Å². The first-order valence-electron chi connectivity index (χ1n) is 5.46. The van der Waals surface area contributed by atoms with Gasteiger partial charge in [0.25, 0.3) is 0 Å². The van der Waals surface area contributed by atoms with Crippen molar-refractivity contribution in [3.8, 4) is 0 Å². The third-order valence-electron chi connectivity index (χ3n) is 2.36. The van der Waals surface area contributed by atoms with E-state index >= 15 is 0 Å². The minimum atomic E-state index is 0.776. The maximum atomic E-state index is 6.05. The molecule has 1 rings (SSSR count). The van der Waals surface area contributed by atoms with Gasteiger partial charge in [0.15, 0.2) is 0 Å². The van der Waals surface area contributed by atoms with Crippen LogP contribution >= 0.6 is 27.5 Å². The Balaban J connectivity index is 2.43. The fourth-order valence-corrected chi connectivity index (χ4v) is 1.93. The van der Waals surface area contributed by atoms with Gasteiger partial charge in [-0.15, -0.1) is 0 Å². The molecule has 0 aliphatic rings. The summed E-state index contributed by atoms with van der Waals surface area (Å²) in [5.41, 5.74) is 1.24. The molecule has 0 atom stereocenters. The van der Waals surface area contributed by atoms with E-state index in [-0.39, 0.29) is 0 Å². The van der Waals surface area contributed by atoms with Gasteiger partial charge in [-0.25, -0.2) is 0 Å². The maximum Gasteiger partial charge on any atom is 0.0551 e. The molecule has 0 saturated heterocycles. The molecule has 0 aromatic heterocycles. The Labute approximate surface area is 111 Å². The van der Waals surface area contributed by atoms with Gasteiger partial charge in [-0.3, -0.25) is 0 Å². The number of likely N-dealkylation sites (N-methyl/N-ethyl adjacent to an activating group) is 2. The lowest BCUT2D eigenvalue weighted by Gasteiger charge is -2.17. The molecule has 0 aliphatic heterocycles. The van der Waals surface area contributed by atoms with E-state index in [4.69, 9.17) is 11.6 Å². The summed E-state index contributed by atoms with van der Waals surface area (Å²) < 4.78 is 0.952. The van der Waals surface area contributed by atoms with Crippen LogP contribution in [-0.4, -0.2) is 31.6 Å². The first-order valence-corrected chi connectivity index (χ1v) is 6.63. The highest BCUT2D eigenvalue weighted by molar-refractivity contribution is 9.10. The summed E-state index contributed by atoms with van der Waals surface area (Å²) in [6, 6.07) is 6.10. The molecule has 4 heteroatoms. The predicted molar refractivity (Wildman–Crippen MR) is 74.0 cm³/mol. The monoisotopic (exact) mass is 304 g/mol. The highest BCUT2D eigenvalue weighted by Gasteiger charge is 2.02. The van der Waals surface area contributed by atoms with Crippen molar-refractivity contribution >= 4 is 27.5 Å². The van der Waals surface area contributed by atoms with E-state index in [1.54, 1.807) is 0 Å². The molecule has 1 aromatic carbocycles. The van der Waals surface area contributed by atoms with E-state index in [0.29, 0.717) is 0 Å². The molecule has 1 aromatic rings. The van der Waals surface area contributed by atoms with Crippen molar-refractivity contribution in [2.45, 2.75) is 13.5 Å². The van der Waals surface area contributed by atoms with Crippen LogP contribution in [0.1, 0.15) is 12.5 Å². The Bertz CT molecular complexity index is 331. The van der Waals surface area contributed by atoms with Gasteiger partial charge in [0.2, 0.25) is 0 Å². The molecule has 0 fully saturated rings. The van der Waals surface area contributed by atoms with Crippen molar-refractivity contribution in [1.29, 1.82) is 0 Å². The molecule has 0 unspecified atom stereocenters. The van der Waals surface area contributed by atoms with Gasteiger partial charge >= 0.3 is 0 Å². The van der Waals surface area contributed by atoms with Gasteiger partial charge in [-0.05, 0) is 47.2 Å². The molecule has 0 radical (unpaired) electrons. The SMILES string of the molecule is CCNCCN(C)Cc1ccc(Br)c(Cl)c1. The molecule has 0 heterocycles. The van der Waals surface area contributed by atoms with Gasteiger partial charge in [0, 0.05) is 24.1 Å². The molecule has 0 spiro atoms. The second-order valence-corrected chi connectivity index (χ2v) is 5.10. The van der Waals surface area contributed by atoms with Crippen molar-refractivity contribution in [3.05, 3.63) is 33.3 Å². The van der Waals surface area contributed by atoms with Crippen LogP contribution in [0.4, 0.5) is 0 Å². The lowest BCUT2D eigenvalue weighted by molar-refractivity contribution is 0.325. The van der Waals surface area contributed by atoms with Crippen LogP contribution in [0.5, 0.6) is 0 Å². The lowest BCUT2D eigenvalue weighted by atomic mass is 10.2. The van der Waals surface area contributed by atoms with E-state index in [1.165, 1.54) is 5.56 Å². The van der Waals surface area contributed by atoms with Crippen LogP contribution in [0.25, 0.3) is 0 Å². The fraction of sp³-hybridized carbons (Fsp3) is 0.500. The summed E-state index contributed by atoms with van der Waals surface area (Å²) >= 11 is 9.44. The summed E-state index contributed by atoms with van der Waals surface area (Å²) in [6.07, 6.45) is 0. The Kier molecular flexibility index (Phi) is 6.36. The summed E-state index contributed by atoms with van der Waals surface area (Å²) in [5.74, 6) is 0. The normalized spacial score (nSPS) is 11.1. The minimum absolute atomic E-state index is 0.776. The molecule has 16 heavy (non-hydrogen) atoms. The highest BCUT2D eigenvalue weighted by Crippen LogP contribution is 2.23. The maximum absolute atomic E-state index is 6.05. The van der Waals surface area contributed by atoms with Gasteiger partial charge in [0.1, 0.15) is 0 Å². The molecule has 1 N–H and O–H groups in total. The zero-order chi connectivity index (χ0) is 12.0. The molecule has 2 nitrogen and oxygen atoms in total. The van der Waals surface area contributed by atoms with Gasteiger partial charge in [-0.2, -0.15) is 0 Å². The summed E-state index contributed by atoms with van der Waals surface area (Å²) in [7, 11) is 2.12. The molecule has 0 bridgehead atoms. The van der Waals surface area contributed by atoms with E-state index in [2.05, 4.69) is 46.2 Å². The zero-order valence-electron chi connectivity index (χ0n) is 9.76. The number of rotatable bonds is 6. The van der Waals surface area contributed by atoms with E-state index < -0.39 is 0 Å². The number of hydrogen-bond acceptors (Lipinski definition) is 2. The second kappa shape index (κ2) is 7.28. The number of halogens is 2. The molecule has 0 aliphatic carbocycles. The molecular formula is C12H18BrClN2. The van der Waals surface area contributed by atoms with Crippen LogP contribution in [0.2, 0.25) is 5.02 Å². The summed E-state index contributed by atoms with van der Waals surface area (Å²) in [5, 5.41) is 4.09. The average Bonchev–Trinajstić information content (AvgIpc) is 2.24. The summed E-state index contributed by atoms with van der Waals surface area (Å²) in [6.45, 7) is 6.14.